The molecule has 166 valence electrons. The lowest BCUT2D eigenvalue weighted by molar-refractivity contribution is -0.122. The van der Waals surface area contributed by atoms with Gasteiger partial charge < -0.3 is 14.8 Å². The number of aryl methyl sites for hydroxylation is 1. The maximum Gasteiger partial charge on any atom is 0.267 e. The molecule has 0 aromatic heterocycles. The minimum Gasteiger partial charge on any atom is -0.492 e. The number of ether oxygens (including phenoxy) is 2. The van der Waals surface area contributed by atoms with E-state index in [1.807, 2.05) is 19.9 Å². The van der Waals surface area contributed by atoms with E-state index in [2.05, 4.69) is 5.32 Å². The molecule has 0 saturated carbocycles. The highest BCUT2D eigenvalue weighted by molar-refractivity contribution is 7.92. The Morgan fingerprint density at radius 3 is 2.50 bits per heavy atom. The lowest BCUT2D eigenvalue weighted by Crippen LogP contribution is -2.48. The van der Waals surface area contributed by atoms with Crippen LogP contribution in [-0.2, 0) is 14.8 Å². The average Bonchev–Trinajstić information content (AvgIpc) is 2.80. The van der Waals surface area contributed by atoms with Crippen molar-refractivity contribution in [3.63, 3.8) is 0 Å². The zero-order chi connectivity index (χ0) is 22.7. The molecule has 1 aliphatic rings. The smallest absolute Gasteiger partial charge is 0.267 e. The quantitative estimate of drug-likeness (QED) is 0.611. The van der Waals surface area contributed by atoms with E-state index in [1.54, 1.807) is 66.7 Å². The molecule has 3 aromatic rings. The van der Waals surface area contributed by atoms with Crippen LogP contribution in [-0.4, -0.2) is 33.6 Å². The standard InChI is InChI=1S/C24H24N2O5S/c1-3-30-21-10-6-4-8-19(21)25-24(27)23-16-26(20-9-5-7-11-22(20)31-23)32(28,29)18-14-12-17(2)13-15-18/h4-15,23H,3,16H2,1-2H3,(H,25,27)/t23-/m0/s1. The summed E-state index contributed by atoms with van der Waals surface area (Å²) in [7, 11) is -3.90. The van der Waals surface area contributed by atoms with Gasteiger partial charge in [0.1, 0.15) is 11.5 Å². The fourth-order valence-corrected chi connectivity index (χ4v) is 4.94. The first kappa shape index (κ1) is 21.7. The van der Waals surface area contributed by atoms with Crippen molar-refractivity contribution in [3.8, 4) is 11.5 Å². The molecule has 32 heavy (non-hydrogen) atoms. The SMILES string of the molecule is CCOc1ccccc1NC(=O)[C@@H]1CN(S(=O)(=O)c2ccc(C)cc2)c2ccccc2O1. The van der Waals surface area contributed by atoms with E-state index in [0.717, 1.165) is 5.56 Å². The number of benzene rings is 3. The van der Waals surface area contributed by atoms with Crippen LogP contribution in [0, 0.1) is 6.92 Å². The van der Waals surface area contributed by atoms with Crippen molar-refractivity contribution in [2.45, 2.75) is 24.8 Å². The first-order chi connectivity index (χ1) is 15.4. The molecule has 1 N–H and O–H groups in total. The molecule has 1 atom stereocenters. The number of hydrogen-bond donors (Lipinski definition) is 1. The molecule has 3 aromatic carbocycles. The first-order valence-corrected chi connectivity index (χ1v) is 11.7. The number of carbonyl (C=O) groups excluding carboxylic acids is 1. The zero-order valence-corrected chi connectivity index (χ0v) is 18.6. The van der Waals surface area contributed by atoms with Gasteiger partial charge in [-0.05, 0) is 50.2 Å². The predicted octanol–water partition coefficient (Wildman–Crippen LogP) is 3.99. The van der Waals surface area contributed by atoms with Gasteiger partial charge in [-0.1, -0.05) is 42.0 Å². The summed E-state index contributed by atoms with van der Waals surface area (Å²) in [6.07, 6.45) is -1.04. The highest BCUT2D eigenvalue weighted by Gasteiger charge is 2.37. The highest BCUT2D eigenvalue weighted by Crippen LogP contribution is 2.37. The Morgan fingerprint density at radius 1 is 1.06 bits per heavy atom. The van der Waals surface area contributed by atoms with Crippen molar-refractivity contribution in [1.29, 1.82) is 0 Å². The van der Waals surface area contributed by atoms with Crippen molar-refractivity contribution in [2.75, 3.05) is 22.8 Å². The van der Waals surface area contributed by atoms with Gasteiger partial charge in [0.15, 0.2) is 6.10 Å². The van der Waals surface area contributed by atoms with Gasteiger partial charge in [0.05, 0.1) is 29.4 Å². The van der Waals surface area contributed by atoms with Crippen molar-refractivity contribution in [3.05, 3.63) is 78.4 Å². The number of fused-ring (bicyclic) bond motifs is 1. The molecular weight excluding hydrogens is 428 g/mol. The summed E-state index contributed by atoms with van der Waals surface area (Å²) in [6.45, 7) is 4.03. The first-order valence-electron chi connectivity index (χ1n) is 10.3. The second kappa shape index (κ2) is 8.92. The summed E-state index contributed by atoms with van der Waals surface area (Å²) in [5, 5.41) is 2.80. The summed E-state index contributed by atoms with van der Waals surface area (Å²) < 4.78 is 39.6. The van der Waals surface area contributed by atoms with Gasteiger partial charge in [-0.25, -0.2) is 8.42 Å². The summed E-state index contributed by atoms with van der Waals surface area (Å²) in [5.41, 5.74) is 1.85. The topological polar surface area (TPSA) is 84.9 Å². The number of amides is 1. The number of carbonyl (C=O) groups is 1. The Hall–Kier alpha value is -3.52. The summed E-state index contributed by atoms with van der Waals surface area (Å²) in [5.74, 6) is 0.395. The Kier molecular flexibility index (Phi) is 6.05. The molecule has 0 aliphatic carbocycles. The molecule has 4 rings (SSSR count). The number of hydrogen-bond acceptors (Lipinski definition) is 5. The molecule has 0 bridgehead atoms. The number of sulfonamides is 1. The fraction of sp³-hybridized carbons (Fsp3) is 0.208. The third-order valence-electron chi connectivity index (χ3n) is 5.08. The molecule has 1 heterocycles. The molecule has 8 heteroatoms. The van der Waals surface area contributed by atoms with Crippen LogP contribution in [0.5, 0.6) is 11.5 Å². The van der Waals surface area contributed by atoms with Crippen LogP contribution in [0.1, 0.15) is 12.5 Å². The van der Waals surface area contributed by atoms with Crippen LogP contribution in [0.2, 0.25) is 0 Å². The van der Waals surface area contributed by atoms with Gasteiger partial charge in [0.25, 0.3) is 15.9 Å². The number of nitrogens with one attached hydrogen (secondary N) is 1. The highest BCUT2D eigenvalue weighted by atomic mass is 32.2. The minimum atomic E-state index is -3.90. The van der Waals surface area contributed by atoms with E-state index in [-0.39, 0.29) is 11.4 Å². The van der Waals surface area contributed by atoms with E-state index >= 15 is 0 Å². The molecule has 0 radical (unpaired) electrons. The van der Waals surface area contributed by atoms with Crippen LogP contribution >= 0.6 is 0 Å². The Balaban J connectivity index is 1.65. The third-order valence-corrected chi connectivity index (χ3v) is 6.87. The van der Waals surface area contributed by atoms with Crippen molar-refractivity contribution in [2.24, 2.45) is 0 Å². The molecule has 0 spiro atoms. The van der Waals surface area contributed by atoms with Crippen LogP contribution in [0.15, 0.2) is 77.7 Å². The van der Waals surface area contributed by atoms with E-state index in [9.17, 15) is 13.2 Å². The molecule has 1 aliphatic heterocycles. The monoisotopic (exact) mass is 452 g/mol. The van der Waals surface area contributed by atoms with Crippen molar-refractivity contribution >= 4 is 27.3 Å². The van der Waals surface area contributed by atoms with Crippen molar-refractivity contribution < 1.29 is 22.7 Å². The second-order valence-corrected chi connectivity index (χ2v) is 9.20. The molecule has 1 amide bonds. The lowest BCUT2D eigenvalue weighted by atomic mass is 10.2. The van der Waals surface area contributed by atoms with Gasteiger partial charge in [0, 0.05) is 0 Å². The molecule has 7 nitrogen and oxygen atoms in total. The summed E-state index contributed by atoms with van der Waals surface area (Å²) in [6, 6.07) is 20.5. The van der Waals surface area contributed by atoms with E-state index < -0.39 is 22.0 Å². The van der Waals surface area contributed by atoms with Gasteiger partial charge in [-0.3, -0.25) is 9.10 Å². The second-order valence-electron chi connectivity index (χ2n) is 7.34. The molecule has 0 fully saturated rings. The maximum atomic E-state index is 13.4. The lowest BCUT2D eigenvalue weighted by Gasteiger charge is -2.34. The van der Waals surface area contributed by atoms with E-state index in [4.69, 9.17) is 9.47 Å². The maximum absolute atomic E-state index is 13.4. The fourth-order valence-electron chi connectivity index (χ4n) is 3.47. The largest absolute Gasteiger partial charge is 0.492 e. The Labute approximate surface area is 187 Å². The van der Waals surface area contributed by atoms with Crippen LogP contribution in [0.3, 0.4) is 0 Å². The number of anilines is 2. The van der Waals surface area contributed by atoms with Gasteiger partial charge in [0.2, 0.25) is 0 Å². The van der Waals surface area contributed by atoms with Gasteiger partial charge in [-0.2, -0.15) is 0 Å². The Bertz CT molecular complexity index is 1230. The van der Waals surface area contributed by atoms with Crippen molar-refractivity contribution in [1.82, 2.24) is 0 Å². The molecule has 0 unspecified atom stereocenters. The number of rotatable bonds is 6. The Morgan fingerprint density at radius 2 is 1.75 bits per heavy atom. The van der Waals surface area contributed by atoms with Crippen LogP contribution in [0.25, 0.3) is 0 Å². The van der Waals surface area contributed by atoms with Gasteiger partial charge >= 0.3 is 0 Å². The van der Waals surface area contributed by atoms with Crippen LogP contribution < -0.4 is 19.1 Å². The van der Waals surface area contributed by atoms with Gasteiger partial charge in [-0.15, -0.1) is 0 Å². The third kappa shape index (κ3) is 4.27. The molecular formula is C24H24N2O5S. The summed E-state index contributed by atoms with van der Waals surface area (Å²) >= 11 is 0. The van der Waals surface area contributed by atoms with E-state index in [0.29, 0.717) is 29.5 Å². The molecule has 0 saturated heterocycles. The average molecular weight is 453 g/mol. The van der Waals surface area contributed by atoms with Crippen LogP contribution in [0.4, 0.5) is 11.4 Å². The number of para-hydroxylation sites is 4. The summed E-state index contributed by atoms with van der Waals surface area (Å²) in [4.78, 5) is 13.2. The number of nitrogens with zero attached hydrogens (tertiary/aromatic N) is 1. The normalized spacial score (nSPS) is 15.4. The van der Waals surface area contributed by atoms with E-state index in [1.165, 1.54) is 4.31 Å². The zero-order valence-electron chi connectivity index (χ0n) is 17.8. The minimum absolute atomic E-state index is 0.153. The predicted molar refractivity (Wildman–Crippen MR) is 123 cm³/mol.